The number of halogens is 4. The number of likely N-dealkylation sites (tertiary alicyclic amines) is 1. The molecular weight excluding hydrogens is 588 g/mol. The summed E-state index contributed by atoms with van der Waals surface area (Å²) in [7, 11) is 1.34. The molecule has 0 aliphatic carbocycles. The van der Waals surface area contributed by atoms with Gasteiger partial charge in [-0.1, -0.05) is 58.5 Å². The molecule has 2 amide bonds. The molecule has 8 nitrogen and oxygen atoms in total. The van der Waals surface area contributed by atoms with Crippen LogP contribution < -0.4 is 0 Å². The van der Waals surface area contributed by atoms with E-state index >= 15 is 0 Å². The summed E-state index contributed by atoms with van der Waals surface area (Å²) in [4.78, 5) is 43.7. The number of methoxy groups -OCH3 is 1. The van der Waals surface area contributed by atoms with Crippen molar-refractivity contribution in [1.29, 1.82) is 0 Å². The van der Waals surface area contributed by atoms with Gasteiger partial charge in [0.25, 0.3) is 0 Å². The summed E-state index contributed by atoms with van der Waals surface area (Å²) in [5.41, 5.74) is 1.49. The molecule has 2 unspecified atom stereocenters. The Morgan fingerprint density at radius 1 is 0.846 bits per heavy atom. The lowest BCUT2D eigenvalue weighted by atomic mass is 10.1. The number of benzene rings is 2. The van der Waals surface area contributed by atoms with Crippen molar-refractivity contribution >= 4 is 64.4 Å². The van der Waals surface area contributed by atoms with Crippen LogP contribution in [-0.2, 0) is 31.9 Å². The van der Waals surface area contributed by atoms with E-state index in [-0.39, 0.29) is 36.9 Å². The van der Waals surface area contributed by atoms with Crippen LogP contribution >= 0.6 is 46.4 Å². The van der Waals surface area contributed by atoms with Gasteiger partial charge in [-0.25, -0.2) is 4.79 Å². The standard InChI is InChI=1S/C27H29Cl4N3O5/c1-38-27(37)33-8-9-34(25(35)12-17-2-4-21(28)23(30)10-17)19(15-33)14-32-7-6-20(16-32)39-26(36)13-18-3-5-22(29)24(31)11-18/h2-5,10-11,19-20H,6-9,12-16H2,1H3. The Morgan fingerprint density at radius 3 is 2.10 bits per heavy atom. The summed E-state index contributed by atoms with van der Waals surface area (Å²) < 4.78 is 10.6. The van der Waals surface area contributed by atoms with Crippen LogP contribution in [0.3, 0.4) is 0 Å². The topological polar surface area (TPSA) is 79.4 Å². The largest absolute Gasteiger partial charge is 0.461 e. The first-order valence-corrected chi connectivity index (χ1v) is 14.1. The van der Waals surface area contributed by atoms with Crippen LogP contribution in [0, 0.1) is 0 Å². The number of ether oxygens (including phenoxy) is 2. The quantitative estimate of drug-likeness (QED) is 0.408. The monoisotopic (exact) mass is 615 g/mol. The maximum absolute atomic E-state index is 13.3. The number of hydrogen-bond acceptors (Lipinski definition) is 6. The molecule has 2 aliphatic heterocycles. The maximum Gasteiger partial charge on any atom is 0.409 e. The first kappa shape index (κ1) is 29.7. The lowest BCUT2D eigenvalue weighted by Crippen LogP contribution is -2.60. The third-order valence-corrected chi connectivity index (χ3v) is 8.38. The SMILES string of the molecule is COC(=O)N1CCN(C(=O)Cc2ccc(Cl)c(Cl)c2)C(CN2CCC(OC(=O)Cc3ccc(Cl)c(Cl)c3)C2)C1. The van der Waals surface area contributed by atoms with E-state index in [9.17, 15) is 14.4 Å². The van der Waals surface area contributed by atoms with E-state index in [0.29, 0.717) is 65.8 Å². The molecule has 0 spiro atoms. The van der Waals surface area contributed by atoms with Gasteiger partial charge >= 0.3 is 12.1 Å². The summed E-state index contributed by atoms with van der Waals surface area (Å²) >= 11 is 24.1. The van der Waals surface area contributed by atoms with Crippen molar-refractivity contribution in [2.24, 2.45) is 0 Å². The van der Waals surface area contributed by atoms with Crippen LogP contribution in [0.4, 0.5) is 4.79 Å². The number of piperazine rings is 1. The predicted molar refractivity (Wildman–Crippen MR) is 151 cm³/mol. The van der Waals surface area contributed by atoms with Gasteiger partial charge in [-0.05, 0) is 41.8 Å². The second kappa shape index (κ2) is 13.4. The van der Waals surface area contributed by atoms with Gasteiger partial charge in [0.15, 0.2) is 0 Å². The maximum atomic E-state index is 13.3. The summed E-state index contributed by atoms with van der Waals surface area (Å²) in [5.74, 6) is -0.403. The minimum absolute atomic E-state index is 0.0632. The van der Waals surface area contributed by atoms with Gasteiger partial charge in [0.1, 0.15) is 6.10 Å². The van der Waals surface area contributed by atoms with Crippen LogP contribution in [0.2, 0.25) is 20.1 Å². The number of rotatable bonds is 7. The van der Waals surface area contributed by atoms with Crippen molar-refractivity contribution in [2.75, 3.05) is 46.4 Å². The van der Waals surface area contributed by atoms with Gasteiger partial charge in [-0.3, -0.25) is 14.5 Å². The predicted octanol–water partition coefficient (Wildman–Crippen LogP) is 4.98. The van der Waals surface area contributed by atoms with E-state index in [2.05, 4.69) is 4.90 Å². The summed E-state index contributed by atoms with van der Waals surface area (Å²) in [6, 6.07) is 9.95. The Labute approximate surface area is 247 Å². The fourth-order valence-electron chi connectivity index (χ4n) is 4.96. The fourth-order valence-corrected chi connectivity index (χ4v) is 5.60. The van der Waals surface area contributed by atoms with Crippen LogP contribution in [0.5, 0.6) is 0 Å². The average molecular weight is 617 g/mol. The van der Waals surface area contributed by atoms with E-state index in [4.69, 9.17) is 55.9 Å². The molecule has 210 valence electrons. The van der Waals surface area contributed by atoms with Gasteiger partial charge < -0.3 is 19.3 Å². The molecule has 2 heterocycles. The second-order valence-corrected chi connectivity index (χ2v) is 11.3. The normalized spacial score (nSPS) is 19.7. The molecule has 2 atom stereocenters. The smallest absolute Gasteiger partial charge is 0.409 e. The zero-order valence-corrected chi connectivity index (χ0v) is 24.4. The van der Waals surface area contributed by atoms with Crippen molar-refractivity contribution in [3.8, 4) is 0 Å². The summed E-state index contributed by atoms with van der Waals surface area (Å²) in [6.45, 7) is 2.88. The molecule has 2 aromatic carbocycles. The third-order valence-electron chi connectivity index (χ3n) is 6.90. The molecule has 0 bridgehead atoms. The van der Waals surface area contributed by atoms with E-state index < -0.39 is 6.09 Å². The molecule has 2 fully saturated rings. The van der Waals surface area contributed by atoms with Gasteiger partial charge in [0.2, 0.25) is 5.91 Å². The Hall–Kier alpha value is -2.23. The molecule has 39 heavy (non-hydrogen) atoms. The van der Waals surface area contributed by atoms with Crippen molar-refractivity contribution in [1.82, 2.24) is 14.7 Å². The molecule has 4 rings (SSSR count). The fraction of sp³-hybridized carbons (Fsp3) is 0.444. The molecule has 2 saturated heterocycles. The van der Waals surface area contributed by atoms with Crippen molar-refractivity contribution in [3.05, 3.63) is 67.6 Å². The van der Waals surface area contributed by atoms with E-state index in [1.807, 2.05) is 4.90 Å². The zero-order chi connectivity index (χ0) is 28.1. The lowest BCUT2D eigenvalue weighted by Gasteiger charge is -2.42. The third kappa shape index (κ3) is 7.92. The molecule has 0 aromatic heterocycles. The summed E-state index contributed by atoms with van der Waals surface area (Å²) in [5, 5.41) is 1.64. The molecule has 0 saturated carbocycles. The minimum atomic E-state index is -0.424. The molecule has 2 aromatic rings. The van der Waals surface area contributed by atoms with Crippen LogP contribution in [-0.4, -0.2) is 91.2 Å². The summed E-state index contributed by atoms with van der Waals surface area (Å²) in [6.07, 6.45) is 0.257. The molecular formula is C27H29Cl4N3O5. The Kier molecular flexibility index (Phi) is 10.2. The lowest BCUT2D eigenvalue weighted by molar-refractivity contribution is -0.147. The highest BCUT2D eigenvalue weighted by Crippen LogP contribution is 2.25. The average Bonchev–Trinajstić information content (AvgIpc) is 3.34. The Balaban J connectivity index is 1.36. The Bertz CT molecular complexity index is 1230. The van der Waals surface area contributed by atoms with Gasteiger partial charge in [-0.2, -0.15) is 0 Å². The van der Waals surface area contributed by atoms with Gasteiger partial charge in [0, 0.05) is 39.3 Å². The van der Waals surface area contributed by atoms with Crippen LogP contribution in [0.1, 0.15) is 17.5 Å². The Morgan fingerprint density at radius 2 is 1.49 bits per heavy atom. The number of nitrogens with zero attached hydrogens (tertiary/aromatic N) is 3. The molecule has 2 aliphatic rings. The van der Waals surface area contributed by atoms with Gasteiger partial charge in [-0.15, -0.1) is 0 Å². The van der Waals surface area contributed by atoms with Crippen molar-refractivity contribution in [2.45, 2.75) is 31.4 Å². The van der Waals surface area contributed by atoms with Gasteiger partial charge in [0.05, 0.1) is 46.1 Å². The van der Waals surface area contributed by atoms with E-state index in [0.717, 1.165) is 11.1 Å². The van der Waals surface area contributed by atoms with Crippen LogP contribution in [0.15, 0.2) is 36.4 Å². The number of amides is 2. The zero-order valence-electron chi connectivity index (χ0n) is 21.4. The van der Waals surface area contributed by atoms with E-state index in [1.165, 1.54) is 7.11 Å². The first-order valence-electron chi connectivity index (χ1n) is 12.5. The number of carbonyl (C=O) groups is 3. The number of hydrogen-bond donors (Lipinski definition) is 0. The van der Waals surface area contributed by atoms with E-state index in [1.54, 1.807) is 41.3 Å². The second-order valence-electron chi connectivity index (χ2n) is 9.67. The highest BCUT2D eigenvalue weighted by atomic mass is 35.5. The molecule has 0 N–H and O–H groups in total. The van der Waals surface area contributed by atoms with Crippen molar-refractivity contribution < 1.29 is 23.9 Å². The highest BCUT2D eigenvalue weighted by molar-refractivity contribution is 6.42. The molecule has 0 radical (unpaired) electrons. The molecule has 12 heteroatoms. The first-order chi connectivity index (χ1) is 18.6. The number of esters is 1. The highest BCUT2D eigenvalue weighted by Gasteiger charge is 2.36. The van der Waals surface area contributed by atoms with Crippen molar-refractivity contribution in [3.63, 3.8) is 0 Å². The van der Waals surface area contributed by atoms with Crippen LogP contribution in [0.25, 0.3) is 0 Å². The number of carbonyl (C=O) groups excluding carboxylic acids is 3. The minimum Gasteiger partial charge on any atom is -0.461 e.